The maximum absolute atomic E-state index is 9.24. The van der Waals surface area contributed by atoms with Crippen LogP contribution in [0.4, 0.5) is 0 Å². The minimum absolute atomic E-state index is 0.296. The highest BCUT2D eigenvalue weighted by Gasteiger charge is 2.12. The van der Waals surface area contributed by atoms with E-state index in [1.54, 1.807) is 6.92 Å². The van der Waals surface area contributed by atoms with E-state index in [0.29, 0.717) is 11.7 Å². The largest absolute Gasteiger partial charge is 0.385 e. The monoisotopic (exact) mass is 268 g/mol. The number of hydrogen-bond donors (Lipinski definition) is 1. The molecule has 1 aromatic carbocycles. The Morgan fingerprint density at radius 3 is 2.87 bits per heavy atom. The van der Waals surface area contributed by atoms with Crippen molar-refractivity contribution in [2.75, 3.05) is 0 Å². The molecule has 78 valence electrons. The van der Waals surface area contributed by atoms with Gasteiger partial charge in [-0.15, -0.1) is 0 Å². The topological polar surface area (TPSA) is 59.2 Å². The first-order chi connectivity index (χ1) is 7.16. The summed E-state index contributed by atoms with van der Waals surface area (Å²) >= 11 is 3.36. The first kappa shape index (κ1) is 10.3. The van der Waals surface area contributed by atoms with E-state index in [1.165, 1.54) is 0 Å². The van der Waals surface area contributed by atoms with Crippen molar-refractivity contribution in [1.82, 2.24) is 10.1 Å². The van der Waals surface area contributed by atoms with E-state index in [1.807, 2.05) is 24.3 Å². The summed E-state index contributed by atoms with van der Waals surface area (Å²) in [6.45, 7) is 1.59. The van der Waals surface area contributed by atoms with Crippen LogP contribution in [-0.2, 0) is 0 Å². The molecule has 0 bridgehead atoms. The van der Waals surface area contributed by atoms with Crippen molar-refractivity contribution in [3.8, 4) is 11.5 Å². The Morgan fingerprint density at radius 2 is 2.27 bits per heavy atom. The van der Waals surface area contributed by atoms with Crippen LogP contribution < -0.4 is 0 Å². The molecule has 1 aromatic heterocycles. The molecule has 1 heterocycles. The van der Waals surface area contributed by atoms with Crippen LogP contribution in [0.1, 0.15) is 18.9 Å². The number of halogens is 1. The van der Waals surface area contributed by atoms with Crippen LogP contribution in [0, 0.1) is 0 Å². The highest BCUT2D eigenvalue weighted by molar-refractivity contribution is 9.10. The smallest absolute Gasteiger partial charge is 0.258 e. The van der Waals surface area contributed by atoms with Crippen LogP contribution in [0.3, 0.4) is 0 Å². The Balaban J connectivity index is 2.37. The SMILES string of the molecule is CC(O)c1noc(-c2cccc(Br)c2)n1. The van der Waals surface area contributed by atoms with E-state index < -0.39 is 6.10 Å². The summed E-state index contributed by atoms with van der Waals surface area (Å²) in [4.78, 5) is 4.07. The van der Waals surface area contributed by atoms with E-state index >= 15 is 0 Å². The van der Waals surface area contributed by atoms with E-state index in [0.717, 1.165) is 10.0 Å². The number of aliphatic hydroxyl groups is 1. The van der Waals surface area contributed by atoms with Crippen molar-refractivity contribution in [2.24, 2.45) is 0 Å². The zero-order valence-corrected chi connectivity index (χ0v) is 9.60. The summed E-state index contributed by atoms with van der Waals surface area (Å²) in [5.41, 5.74) is 0.823. The summed E-state index contributed by atoms with van der Waals surface area (Å²) in [5.74, 6) is 0.706. The molecule has 0 saturated heterocycles. The van der Waals surface area contributed by atoms with E-state index in [2.05, 4.69) is 26.1 Å². The summed E-state index contributed by atoms with van der Waals surface area (Å²) in [5, 5.41) is 12.9. The molecule has 2 rings (SSSR count). The molecule has 0 spiro atoms. The van der Waals surface area contributed by atoms with Crippen LogP contribution in [0.2, 0.25) is 0 Å². The maximum Gasteiger partial charge on any atom is 0.258 e. The number of rotatable bonds is 2. The molecule has 2 aromatic rings. The molecular formula is C10H9BrN2O2. The summed E-state index contributed by atoms with van der Waals surface area (Å²) in [7, 11) is 0. The van der Waals surface area contributed by atoms with E-state index in [9.17, 15) is 5.11 Å². The molecule has 1 N–H and O–H groups in total. The predicted octanol–water partition coefficient (Wildman–Crippen LogP) is 2.55. The molecule has 0 radical (unpaired) electrons. The van der Waals surface area contributed by atoms with Crippen molar-refractivity contribution >= 4 is 15.9 Å². The Bertz CT molecular complexity index is 468. The van der Waals surface area contributed by atoms with Gasteiger partial charge in [-0.3, -0.25) is 0 Å². The first-order valence-corrected chi connectivity index (χ1v) is 5.24. The molecule has 0 aliphatic rings. The Hall–Kier alpha value is -1.20. The average molecular weight is 269 g/mol. The lowest BCUT2D eigenvalue weighted by Gasteiger charge is -1.94. The van der Waals surface area contributed by atoms with Gasteiger partial charge in [0, 0.05) is 10.0 Å². The van der Waals surface area contributed by atoms with E-state index in [-0.39, 0.29) is 0 Å². The predicted molar refractivity (Wildman–Crippen MR) is 58.1 cm³/mol. The molecule has 0 fully saturated rings. The zero-order chi connectivity index (χ0) is 10.8. The van der Waals surface area contributed by atoms with Crippen molar-refractivity contribution in [3.63, 3.8) is 0 Å². The van der Waals surface area contributed by atoms with Crippen molar-refractivity contribution < 1.29 is 9.63 Å². The van der Waals surface area contributed by atoms with Gasteiger partial charge in [0.25, 0.3) is 5.89 Å². The third kappa shape index (κ3) is 2.24. The second-order valence-electron chi connectivity index (χ2n) is 3.14. The molecule has 15 heavy (non-hydrogen) atoms. The van der Waals surface area contributed by atoms with Gasteiger partial charge in [0.15, 0.2) is 5.82 Å². The molecule has 4 nitrogen and oxygen atoms in total. The summed E-state index contributed by atoms with van der Waals surface area (Å²) < 4.78 is 5.97. The zero-order valence-electron chi connectivity index (χ0n) is 8.01. The highest BCUT2D eigenvalue weighted by Crippen LogP contribution is 2.22. The molecular weight excluding hydrogens is 260 g/mol. The standard InChI is InChI=1S/C10H9BrN2O2/c1-6(14)9-12-10(15-13-9)7-3-2-4-8(11)5-7/h2-6,14H,1H3. The summed E-state index contributed by atoms with van der Waals surface area (Å²) in [6, 6.07) is 7.53. The van der Waals surface area contributed by atoms with Gasteiger partial charge < -0.3 is 9.63 Å². The van der Waals surface area contributed by atoms with Gasteiger partial charge in [0.2, 0.25) is 0 Å². The number of aliphatic hydroxyl groups excluding tert-OH is 1. The molecule has 0 amide bonds. The average Bonchev–Trinajstić information content (AvgIpc) is 2.66. The van der Waals surface area contributed by atoms with Crippen LogP contribution in [0.5, 0.6) is 0 Å². The Labute approximate surface area is 95.1 Å². The Morgan fingerprint density at radius 1 is 1.47 bits per heavy atom. The number of benzene rings is 1. The van der Waals surface area contributed by atoms with Crippen LogP contribution in [0.25, 0.3) is 11.5 Å². The molecule has 1 unspecified atom stereocenters. The second-order valence-corrected chi connectivity index (χ2v) is 4.06. The molecule has 1 atom stereocenters. The minimum Gasteiger partial charge on any atom is -0.385 e. The third-order valence-electron chi connectivity index (χ3n) is 1.89. The summed E-state index contributed by atoms with van der Waals surface area (Å²) in [6.07, 6.45) is -0.713. The van der Waals surface area contributed by atoms with Crippen molar-refractivity contribution in [2.45, 2.75) is 13.0 Å². The van der Waals surface area contributed by atoms with Crippen LogP contribution in [0.15, 0.2) is 33.3 Å². The number of aromatic nitrogens is 2. The fourth-order valence-electron chi connectivity index (χ4n) is 1.14. The molecule has 0 aliphatic carbocycles. The van der Waals surface area contributed by atoms with Gasteiger partial charge in [-0.1, -0.05) is 27.2 Å². The fourth-order valence-corrected chi connectivity index (χ4v) is 1.54. The van der Waals surface area contributed by atoms with Gasteiger partial charge in [-0.2, -0.15) is 4.98 Å². The van der Waals surface area contributed by atoms with Gasteiger partial charge in [0.1, 0.15) is 6.10 Å². The van der Waals surface area contributed by atoms with E-state index in [4.69, 9.17) is 4.52 Å². The molecule has 0 saturated carbocycles. The fraction of sp³-hybridized carbons (Fsp3) is 0.200. The third-order valence-corrected chi connectivity index (χ3v) is 2.38. The lowest BCUT2D eigenvalue weighted by atomic mass is 10.2. The lowest BCUT2D eigenvalue weighted by Crippen LogP contribution is -1.92. The van der Waals surface area contributed by atoms with Gasteiger partial charge in [-0.05, 0) is 25.1 Å². The lowest BCUT2D eigenvalue weighted by molar-refractivity contribution is 0.184. The minimum atomic E-state index is -0.713. The highest BCUT2D eigenvalue weighted by atomic mass is 79.9. The molecule has 0 aliphatic heterocycles. The number of hydrogen-bond acceptors (Lipinski definition) is 4. The van der Waals surface area contributed by atoms with Gasteiger partial charge in [-0.25, -0.2) is 0 Å². The maximum atomic E-state index is 9.24. The quantitative estimate of drug-likeness (QED) is 0.910. The molecule has 5 heteroatoms. The Kier molecular flexibility index (Phi) is 2.83. The van der Waals surface area contributed by atoms with Crippen LogP contribution in [-0.4, -0.2) is 15.2 Å². The number of nitrogens with zero attached hydrogens (tertiary/aromatic N) is 2. The first-order valence-electron chi connectivity index (χ1n) is 4.44. The van der Waals surface area contributed by atoms with Gasteiger partial charge >= 0.3 is 0 Å². The van der Waals surface area contributed by atoms with Crippen molar-refractivity contribution in [1.29, 1.82) is 0 Å². The second kappa shape index (κ2) is 4.12. The van der Waals surface area contributed by atoms with Crippen molar-refractivity contribution in [3.05, 3.63) is 34.6 Å². The van der Waals surface area contributed by atoms with Crippen LogP contribution >= 0.6 is 15.9 Å². The van der Waals surface area contributed by atoms with Gasteiger partial charge in [0.05, 0.1) is 0 Å². The normalized spacial score (nSPS) is 12.7.